The molecule has 3 rings (SSSR count). The molecule has 0 aliphatic heterocycles. The zero-order valence-electron chi connectivity index (χ0n) is 16.3. The summed E-state index contributed by atoms with van der Waals surface area (Å²) in [6.45, 7) is 7.65. The molecular formula is C20H19F3N4OS. The van der Waals surface area contributed by atoms with Crippen LogP contribution < -0.4 is 5.32 Å². The van der Waals surface area contributed by atoms with Crippen molar-refractivity contribution in [1.29, 1.82) is 0 Å². The largest absolute Gasteiger partial charge is 0.416 e. The number of aromatic nitrogens is 3. The van der Waals surface area contributed by atoms with Crippen LogP contribution in [-0.2, 0) is 11.6 Å². The summed E-state index contributed by atoms with van der Waals surface area (Å²) in [5, 5.41) is 3.20. The van der Waals surface area contributed by atoms with E-state index in [2.05, 4.69) is 20.3 Å². The molecule has 0 radical (unpaired) electrons. The van der Waals surface area contributed by atoms with Crippen molar-refractivity contribution in [2.75, 3.05) is 5.32 Å². The third kappa shape index (κ3) is 4.79. The van der Waals surface area contributed by atoms with Gasteiger partial charge >= 0.3 is 6.18 Å². The van der Waals surface area contributed by atoms with Gasteiger partial charge in [0.25, 0.3) is 5.91 Å². The molecule has 0 bridgehead atoms. The zero-order chi connectivity index (χ0) is 21.4. The van der Waals surface area contributed by atoms with Crippen LogP contribution in [0.2, 0.25) is 0 Å². The summed E-state index contributed by atoms with van der Waals surface area (Å²) in [5.74, 6) is 0.291. The van der Waals surface area contributed by atoms with E-state index in [-0.39, 0.29) is 11.3 Å². The lowest BCUT2D eigenvalue weighted by Gasteiger charge is -2.16. The molecule has 0 saturated heterocycles. The Kier molecular flexibility index (Phi) is 5.44. The molecule has 9 heteroatoms. The van der Waals surface area contributed by atoms with Gasteiger partial charge < -0.3 is 5.32 Å². The van der Waals surface area contributed by atoms with E-state index in [0.29, 0.717) is 32.7 Å². The lowest BCUT2D eigenvalue weighted by Crippen LogP contribution is -2.17. The molecule has 0 unspecified atom stereocenters. The molecule has 2 heterocycles. The molecule has 1 aromatic carbocycles. The summed E-state index contributed by atoms with van der Waals surface area (Å²) in [5.41, 5.74) is 0.531. The quantitative estimate of drug-likeness (QED) is 0.610. The minimum atomic E-state index is -4.40. The maximum absolute atomic E-state index is 12.7. The topological polar surface area (TPSA) is 67.8 Å². The van der Waals surface area contributed by atoms with Crippen molar-refractivity contribution in [3.63, 3.8) is 0 Å². The number of aryl methyl sites for hydroxylation is 1. The van der Waals surface area contributed by atoms with Crippen molar-refractivity contribution < 1.29 is 18.0 Å². The molecular weight excluding hydrogens is 401 g/mol. The van der Waals surface area contributed by atoms with Crippen LogP contribution in [0.3, 0.4) is 0 Å². The van der Waals surface area contributed by atoms with Gasteiger partial charge in [-0.05, 0) is 19.1 Å². The van der Waals surface area contributed by atoms with E-state index >= 15 is 0 Å². The number of thiazole rings is 1. The molecule has 1 N–H and O–H groups in total. The monoisotopic (exact) mass is 420 g/mol. The number of benzene rings is 1. The number of hydrogen-bond acceptors (Lipinski definition) is 5. The predicted octanol–water partition coefficient (Wildman–Crippen LogP) is 5.48. The van der Waals surface area contributed by atoms with Crippen LogP contribution in [0.5, 0.6) is 0 Å². The van der Waals surface area contributed by atoms with Crippen molar-refractivity contribution in [2.45, 2.75) is 39.3 Å². The fourth-order valence-corrected chi connectivity index (χ4v) is 3.47. The number of carbonyl (C=O) groups excluding carboxylic acids is 1. The summed E-state index contributed by atoms with van der Waals surface area (Å²) in [4.78, 5) is 25.8. The molecule has 3 aromatic rings. The summed E-state index contributed by atoms with van der Waals surface area (Å²) >= 11 is 1.12. The third-order valence-corrected chi connectivity index (χ3v) is 5.25. The summed E-state index contributed by atoms with van der Waals surface area (Å²) < 4.78 is 38.2. The van der Waals surface area contributed by atoms with Crippen LogP contribution in [-0.4, -0.2) is 20.9 Å². The van der Waals surface area contributed by atoms with Gasteiger partial charge in [-0.25, -0.2) is 15.0 Å². The highest BCUT2D eigenvalue weighted by Crippen LogP contribution is 2.33. The highest BCUT2D eigenvalue weighted by molar-refractivity contribution is 7.17. The lowest BCUT2D eigenvalue weighted by molar-refractivity contribution is -0.137. The number of carbonyl (C=O) groups is 1. The first-order valence-corrected chi connectivity index (χ1v) is 9.56. The minimum Gasteiger partial charge on any atom is -0.319 e. The molecule has 152 valence electrons. The van der Waals surface area contributed by atoms with Crippen molar-refractivity contribution in [2.24, 2.45) is 0 Å². The molecule has 29 heavy (non-hydrogen) atoms. The summed E-state index contributed by atoms with van der Waals surface area (Å²) in [6, 6.07) is 4.70. The molecule has 0 saturated carbocycles. The van der Waals surface area contributed by atoms with Gasteiger partial charge in [0.1, 0.15) is 15.7 Å². The van der Waals surface area contributed by atoms with E-state index in [1.54, 1.807) is 19.3 Å². The number of hydrogen-bond donors (Lipinski definition) is 1. The van der Waals surface area contributed by atoms with Crippen molar-refractivity contribution in [1.82, 2.24) is 15.0 Å². The Balaban J connectivity index is 1.78. The number of nitrogens with zero attached hydrogens (tertiary/aromatic N) is 3. The Morgan fingerprint density at radius 2 is 1.62 bits per heavy atom. The third-order valence-electron chi connectivity index (χ3n) is 4.04. The maximum atomic E-state index is 12.7. The zero-order valence-corrected chi connectivity index (χ0v) is 17.1. The van der Waals surface area contributed by atoms with Crippen LogP contribution in [0.15, 0.2) is 36.7 Å². The highest BCUT2D eigenvalue weighted by atomic mass is 32.1. The Morgan fingerprint density at radius 1 is 1.03 bits per heavy atom. The van der Waals surface area contributed by atoms with E-state index in [1.807, 2.05) is 20.8 Å². The minimum absolute atomic E-state index is 0.201. The van der Waals surface area contributed by atoms with Gasteiger partial charge in [0, 0.05) is 11.0 Å². The molecule has 0 atom stereocenters. The summed E-state index contributed by atoms with van der Waals surface area (Å²) in [7, 11) is 0. The van der Waals surface area contributed by atoms with Crippen LogP contribution >= 0.6 is 11.3 Å². The van der Waals surface area contributed by atoms with Gasteiger partial charge in [-0.2, -0.15) is 13.2 Å². The van der Waals surface area contributed by atoms with Crippen LogP contribution in [0.25, 0.3) is 10.6 Å². The molecule has 1 amide bonds. The molecule has 0 aliphatic carbocycles. The van der Waals surface area contributed by atoms with Gasteiger partial charge in [0.15, 0.2) is 0 Å². The van der Waals surface area contributed by atoms with Gasteiger partial charge in [-0.3, -0.25) is 4.79 Å². The predicted molar refractivity (Wildman–Crippen MR) is 106 cm³/mol. The van der Waals surface area contributed by atoms with E-state index in [4.69, 9.17) is 0 Å². The smallest absolute Gasteiger partial charge is 0.319 e. The summed E-state index contributed by atoms with van der Waals surface area (Å²) in [6.07, 6.45) is -1.32. The van der Waals surface area contributed by atoms with E-state index < -0.39 is 11.7 Å². The number of anilines is 1. The molecule has 5 nitrogen and oxygen atoms in total. The van der Waals surface area contributed by atoms with Gasteiger partial charge in [-0.15, -0.1) is 11.3 Å². The van der Waals surface area contributed by atoms with Crippen LogP contribution in [0.4, 0.5) is 18.9 Å². The fourth-order valence-electron chi connectivity index (χ4n) is 2.50. The van der Waals surface area contributed by atoms with Crippen LogP contribution in [0.1, 0.15) is 47.5 Å². The van der Waals surface area contributed by atoms with Crippen molar-refractivity contribution >= 4 is 22.9 Å². The fraction of sp³-hybridized carbons (Fsp3) is 0.300. The average molecular weight is 420 g/mol. The Labute approximate surface area is 170 Å². The van der Waals surface area contributed by atoms with E-state index in [0.717, 1.165) is 23.5 Å². The number of nitrogens with one attached hydrogen (secondary N) is 1. The van der Waals surface area contributed by atoms with Gasteiger partial charge in [-0.1, -0.05) is 32.9 Å². The molecule has 0 spiro atoms. The molecule has 2 aromatic heterocycles. The normalized spacial score (nSPS) is 12.1. The average Bonchev–Trinajstić information content (AvgIpc) is 3.03. The maximum Gasteiger partial charge on any atom is 0.416 e. The lowest BCUT2D eigenvalue weighted by atomic mass is 9.96. The van der Waals surface area contributed by atoms with Crippen LogP contribution in [0, 0.1) is 6.92 Å². The molecule has 0 aliphatic rings. The van der Waals surface area contributed by atoms with E-state index in [9.17, 15) is 18.0 Å². The van der Waals surface area contributed by atoms with Crippen molar-refractivity contribution in [3.8, 4) is 10.6 Å². The number of amides is 1. The number of alkyl halides is 3. The second kappa shape index (κ2) is 7.55. The standard InChI is InChI=1S/C20H19F3N4OS/c1-11-15(16(28)27-14-9-24-18(25-10-14)19(2,3)4)29-17(26-11)12-5-7-13(8-6-12)20(21,22)23/h5-10H,1-4H3,(H,27,28). The first-order chi connectivity index (χ1) is 13.4. The molecule has 0 fully saturated rings. The number of rotatable bonds is 3. The van der Waals surface area contributed by atoms with Crippen molar-refractivity contribution in [3.05, 3.63) is 58.6 Å². The van der Waals surface area contributed by atoms with E-state index in [1.165, 1.54) is 12.1 Å². The first kappa shape index (κ1) is 20.9. The van der Waals surface area contributed by atoms with Gasteiger partial charge in [0.2, 0.25) is 0 Å². The second-order valence-corrected chi connectivity index (χ2v) is 8.51. The highest BCUT2D eigenvalue weighted by Gasteiger charge is 2.30. The second-order valence-electron chi connectivity index (χ2n) is 7.51. The Morgan fingerprint density at radius 3 is 2.14 bits per heavy atom. The first-order valence-electron chi connectivity index (χ1n) is 8.74. The Hall–Kier alpha value is -2.81. The SMILES string of the molecule is Cc1nc(-c2ccc(C(F)(F)F)cc2)sc1C(=O)Nc1cnc(C(C)(C)C)nc1. The van der Waals surface area contributed by atoms with Gasteiger partial charge in [0.05, 0.1) is 29.3 Å². The number of halogens is 3. The Bertz CT molecular complexity index is 1020.